The third-order valence-corrected chi connectivity index (χ3v) is 5.32. The van der Waals surface area contributed by atoms with Crippen LogP contribution in [0, 0.1) is 6.92 Å². The lowest BCUT2D eigenvalue weighted by molar-refractivity contribution is 0.0927. The van der Waals surface area contributed by atoms with E-state index >= 15 is 0 Å². The van der Waals surface area contributed by atoms with Crippen molar-refractivity contribution >= 4 is 53.4 Å². The van der Waals surface area contributed by atoms with Crippen molar-refractivity contribution in [2.75, 3.05) is 32.2 Å². The van der Waals surface area contributed by atoms with E-state index in [2.05, 4.69) is 31.1 Å². The van der Waals surface area contributed by atoms with Crippen LogP contribution in [0.15, 0.2) is 23.2 Å². The standard InChI is InChI=1S/C22H33N7O3.2ClH/c1-4-32-29-22(23)27-18-8-6-5-7-17(18)26-19-15-13-14(2)9-10-16(15)25-20(28-19)21(30)24-11-12-31-3;;/h9-10,13,17-18H,4-8,11-12H2,1-3H3,(H,24,30)(H3,23,27,29)(H,25,26,28);2*1H/t17-,18+;;/m0../s1. The van der Waals surface area contributed by atoms with Crippen molar-refractivity contribution in [3.05, 3.63) is 29.6 Å². The Morgan fingerprint density at radius 3 is 2.74 bits per heavy atom. The van der Waals surface area contributed by atoms with Crippen LogP contribution in [-0.4, -0.2) is 60.8 Å². The minimum atomic E-state index is -0.337. The molecule has 0 spiro atoms. The molecule has 1 fully saturated rings. The van der Waals surface area contributed by atoms with Crippen molar-refractivity contribution in [2.24, 2.45) is 10.7 Å². The maximum atomic E-state index is 12.6. The van der Waals surface area contributed by atoms with Crippen LogP contribution >= 0.6 is 24.8 Å². The fourth-order valence-corrected chi connectivity index (χ4v) is 3.76. The molecule has 1 aromatic heterocycles. The van der Waals surface area contributed by atoms with Gasteiger partial charge in [-0.2, -0.15) is 0 Å². The Balaban J connectivity index is 0.00000289. The summed E-state index contributed by atoms with van der Waals surface area (Å²) >= 11 is 0. The number of nitrogens with one attached hydrogen (secondary N) is 3. The maximum Gasteiger partial charge on any atom is 0.289 e. The van der Waals surface area contributed by atoms with Crippen molar-refractivity contribution < 1.29 is 14.4 Å². The van der Waals surface area contributed by atoms with Gasteiger partial charge in [-0.15, -0.1) is 24.8 Å². The fourth-order valence-electron chi connectivity index (χ4n) is 3.76. The Hall–Kier alpha value is -2.40. The predicted molar refractivity (Wildman–Crippen MR) is 139 cm³/mol. The summed E-state index contributed by atoms with van der Waals surface area (Å²) in [7, 11) is 1.59. The number of carbonyl (C=O) groups is 1. The summed E-state index contributed by atoms with van der Waals surface area (Å²) in [5.41, 5.74) is 10.4. The molecule has 2 atom stereocenters. The van der Waals surface area contributed by atoms with Crippen LogP contribution in [0.2, 0.25) is 0 Å². The van der Waals surface area contributed by atoms with Gasteiger partial charge in [-0.25, -0.2) is 20.4 Å². The van der Waals surface area contributed by atoms with Gasteiger partial charge in [-0.05, 0) is 38.8 Å². The number of guanidine groups is 1. The van der Waals surface area contributed by atoms with E-state index < -0.39 is 0 Å². The van der Waals surface area contributed by atoms with Crippen LogP contribution in [0.3, 0.4) is 0 Å². The lowest BCUT2D eigenvalue weighted by Gasteiger charge is -2.30. The van der Waals surface area contributed by atoms with Crippen LogP contribution in [0.5, 0.6) is 0 Å². The first-order chi connectivity index (χ1) is 15.5. The van der Waals surface area contributed by atoms with Crippen molar-refractivity contribution in [3.63, 3.8) is 0 Å². The summed E-state index contributed by atoms with van der Waals surface area (Å²) in [6.07, 6.45) is 3.97. The number of hydroxylamine groups is 1. The van der Waals surface area contributed by atoms with Crippen LogP contribution < -0.4 is 21.8 Å². The lowest BCUT2D eigenvalue weighted by Crippen LogP contribution is -2.40. The normalized spacial score (nSPS) is 17.9. The number of halogens is 2. The van der Waals surface area contributed by atoms with E-state index in [1.165, 1.54) is 0 Å². The molecule has 1 aliphatic carbocycles. The monoisotopic (exact) mass is 515 g/mol. The molecule has 1 aromatic carbocycles. The zero-order chi connectivity index (χ0) is 22.9. The van der Waals surface area contributed by atoms with Gasteiger partial charge in [0.05, 0.1) is 30.8 Å². The van der Waals surface area contributed by atoms with Gasteiger partial charge in [0.25, 0.3) is 5.91 Å². The van der Waals surface area contributed by atoms with E-state index in [0.29, 0.717) is 31.1 Å². The third-order valence-electron chi connectivity index (χ3n) is 5.32. The Kier molecular flexibility index (Phi) is 12.9. The van der Waals surface area contributed by atoms with Crippen LogP contribution in [0.1, 0.15) is 48.8 Å². The highest BCUT2D eigenvalue weighted by molar-refractivity contribution is 5.96. The number of aliphatic imine (C=N–C) groups is 1. The number of hydrogen-bond acceptors (Lipinski definition) is 7. The number of rotatable bonds is 9. The zero-order valence-corrected chi connectivity index (χ0v) is 21.4. The van der Waals surface area contributed by atoms with Gasteiger partial charge in [0, 0.05) is 19.0 Å². The fraction of sp³-hybridized carbons (Fsp3) is 0.545. The van der Waals surface area contributed by atoms with Crippen molar-refractivity contribution in [3.8, 4) is 0 Å². The minimum absolute atomic E-state index is 0. The van der Waals surface area contributed by atoms with Crippen molar-refractivity contribution in [1.29, 1.82) is 0 Å². The van der Waals surface area contributed by atoms with Crippen molar-refractivity contribution in [1.82, 2.24) is 20.8 Å². The van der Waals surface area contributed by atoms with E-state index in [9.17, 15) is 4.79 Å². The summed E-state index contributed by atoms with van der Waals surface area (Å²) in [5.74, 6) is 0.662. The van der Waals surface area contributed by atoms with E-state index in [1.807, 2.05) is 32.0 Å². The average molecular weight is 516 g/mol. The molecule has 190 valence electrons. The number of nitrogens with two attached hydrogens (primary N) is 1. The second-order valence-electron chi connectivity index (χ2n) is 7.82. The highest BCUT2D eigenvalue weighted by atomic mass is 35.5. The summed E-state index contributed by atoms with van der Waals surface area (Å²) in [6, 6.07) is 5.89. The van der Waals surface area contributed by atoms with Crippen LogP contribution in [0.4, 0.5) is 5.82 Å². The first kappa shape index (κ1) is 29.6. The van der Waals surface area contributed by atoms with E-state index in [1.54, 1.807) is 7.11 Å². The SMILES string of the molecule is CCONC(N)=N[C@@H]1CCCC[C@@H]1Nc1nc(C(=O)NCCOC)nc2ccc(C)cc12.Cl.Cl. The van der Waals surface area contributed by atoms with Gasteiger partial charge in [0.15, 0.2) is 0 Å². The van der Waals surface area contributed by atoms with Crippen molar-refractivity contribution in [2.45, 2.75) is 51.6 Å². The number of nitrogens with zero attached hydrogens (tertiary/aromatic N) is 3. The predicted octanol–water partition coefficient (Wildman–Crippen LogP) is 2.74. The highest BCUT2D eigenvalue weighted by Crippen LogP contribution is 2.28. The molecule has 1 amide bonds. The Labute approximate surface area is 212 Å². The molecule has 0 bridgehead atoms. The third kappa shape index (κ3) is 8.12. The van der Waals surface area contributed by atoms with Crippen LogP contribution in [0.25, 0.3) is 10.9 Å². The Morgan fingerprint density at radius 2 is 2.00 bits per heavy atom. The second kappa shape index (κ2) is 14.8. The number of hydrogen-bond donors (Lipinski definition) is 4. The van der Waals surface area contributed by atoms with E-state index in [4.69, 9.17) is 15.3 Å². The minimum Gasteiger partial charge on any atom is -0.383 e. The molecule has 10 nitrogen and oxygen atoms in total. The number of ether oxygens (including phenoxy) is 1. The molecule has 0 radical (unpaired) electrons. The summed E-state index contributed by atoms with van der Waals surface area (Å²) in [5, 5.41) is 7.19. The first-order valence-corrected chi connectivity index (χ1v) is 11.0. The number of aromatic nitrogens is 2. The van der Waals surface area contributed by atoms with Gasteiger partial charge in [0.2, 0.25) is 11.8 Å². The molecule has 12 heteroatoms. The van der Waals surface area contributed by atoms with Crippen LogP contribution in [-0.2, 0) is 9.57 Å². The van der Waals surface area contributed by atoms with Gasteiger partial charge >= 0.3 is 0 Å². The number of amides is 1. The smallest absolute Gasteiger partial charge is 0.289 e. The maximum absolute atomic E-state index is 12.6. The molecule has 34 heavy (non-hydrogen) atoms. The number of benzene rings is 1. The molecule has 1 heterocycles. The molecule has 2 aromatic rings. The first-order valence-electron chi connectivity index (χ1n) is 11.0. The number of aryl methyl sites for hydroxylation is 1. The van der Waals surface area contributed by atoms with E-state index in [0.717, 1.165) is 36.6 Å². The summed E-state index contributed by atoms with van der Waals surface area (Å²) < 4.78 is 5.00. The number of fused-ring (bicyclic) bond motifs is 1. The topological polar surface area (TPSA) is 136 Å². The van der Waals surface area contributed by atoms with Gasteiger partial charge in [-0.1, -0.05) is 24.5 Å². The zero-order valence-electron chi connectivity index (χ0n) is 19.8. The molecule has 0 aliphatic heterocycles. The molecule has 0 saturated heterocycles. The molecule has 1 aliphatic rings. The highest BCUT2D eigenvalue weighted by Gasteiger charge is 2.26. The quantitative estimate of drug-likeness (QED) is 0.173. The number of carbonyl (C=O) groups excluding carboxylic acids is 1. The molecule has 3 rings (SSSR count). The molecule has 1 saturated carbocycles. The molecule has 0 unspecified atom stereocenters. The number of anilines is 1. The molecular weight excluding hydrogens is 481 g/mol. The van der Waals surface area contributed by atoms with E-state index in [-0.39, 0.29) is 54.6 Å². The Bertz CT molecular complexity index is 961. The number of methoxy groups -OCH3 is 1. The summed E-state index contributed by atoms with van der Waals surface area (Å²) in [4.78, 5) is 31.4. The second-order valence-corrected chi connectivity index (χ2v) is 7.82. The average Bonchev–Trinajstić information content (AvgIpc) is 2.79. The van der Waals surface area contributed by atoms with Gasteiger partial charge in [0.1, 0.15) is 5.82 Å². The molecular formula is C22H35Cl2N7O3. The molecule has 5 N–H and O–H groups in total. The lowest BCUT2D eigenvalue weighted by atomic mass is 9.90. The largest absolute Gasteiger partial charge is 0.383 e. The Morgan fingerprint density at radius 1 is 1.24 bits per heavy atom. The summed E-state index contributed by atoms with van der Waals surface area (Å²) in [6.45, 7) is 5.18. The van der Waals surface area contributed by atoms with Gasteiger partial charge < -0.3 is 21.1 Å². The van der Waals surface area contributed by atoms with Gasteiger partial charge in [-0.3, -0.25) is 9.63 Å².